The molecule has 2 atom stereocenters. The van der Waals surface area contributed by atoms with Crippen LogP contribution in [0.3, 0.4) is 0 Å². The molecule has 1 N–H and O–H groups in total. The number of piperidine rings is 1. The molecule has 2 aromatic rings. The zero-order valence-electron chi connectivity index (χ0n) is 14.1. The molecule has 1 aliphatic heterocycles. The highest BCUT2D eigenvalue weighted by atomic mass is 16.3. The third kappa shape index (κ3) is 2.82. The van der Waals surface area contributed by atoms with Crippen LogP contribution in [-0.2, 0) is 6.54 Å². The number of rotatable bonds is 2. The Labute approximate surface area is 133 Å². The highest BCUT2D eigenvalue weighted by molar-refractivity contribution is 5.89. The molecule has 2 unspecified atom stereocenters. The zero-order chi connectivity index (χ0) is 15.9. The molecule has 2 heterocycles. The van der Waals surface area contributed by atoms with Crippen molar-refractivity contribution < 1.29 is 10.0 Å². The summed E-state index contributed by atoms with van der Waals surface area (Å²) < 4.78 is 0. The molecule has 1 aromatic heterocycles. The number of nitrogens with one attached hydrogen (secondary N) is 1. The van der Waals surface area contributed by atoms with Gasteiger partial charge in [0.1, 0.15) is 6.54 Å². The lowest BCUT2D eigenvalue weighted by Crippen LogP contribution is -3.12. The van der Waals surface area contributed by atoms with Crippen LogP contribution in [-0.4, -0.2) is 18.1 Å². The zero-order valence-corrected chi connectivity index (χ0v) is 14.1. The van der Waals surface area contributed by atoms with Crippen LogP contribution in [0.1, 0.15) is 42.1 Å². The van der Waals surface area contributed by atoms with Crippen molar-refractivity contribution in [2.45, 2.75) is 47.1 Å². The van der Waals surface area contributed by atoms with Crippen LogP contribution in [0.4, 0.5) is 0 Å². The number of hydrogen-bond acceptors (Lipinski definition) is 2. The molecule has 3 heteroatoms. The molecule has 0 amide bonds. The van der Waals surface area contributed by atoms with Gasteiger partial charge in [-0.2, -0.15) is 0 Å². The Hall–Kier alpha value is -1.61. The lowest BCUT2D eigenvalue weighted by atomic mass is 9.98. The van der Waals surface area contributed by atoms with Crippen LogP contribution in [0, 0.1) is 26.7 Å². The van der Waals surface area contributed by atoms with Gasteiger partial charge in [0, 0.05) is 17.2 Å². The van der Waals surface area contributed by atoms with E-state index in [1.54, 1.807) is 0 Å². The van der Waals surface area contributed by atoms with Gasteiger partial charge < -0.3 is 10.0 Å². The Kier molecular flexibility index (Phi) is 4.09. The molecule has 1 aliphatic rings. The van der Waals surface area contributed by atoms with Gasteiger partial charge in [0.2, 0.25) is 0 Å². The predicted octanol–water partition coefficient (Wildman–Crippen LogP) is 2.05. The number of benzene rings is 1. The van der Waals surface area contributed by atoms with Gasteiger partial charge in [0.15, 0.2) is 0 Å². The van der Waals surface area contributed by atoms with E-state index in [0.29, 0.717) is 0 Å². The number of pyridine rings is 1. The molecular formula is C19H26N2O. The van der Waals surface area contributed by atoms with E-state index in [9.17, 15) is 5.11 Å². The highest BCUT2D eigenvalue weighted by Crippen LogP contribution is 2.29. The first-order chi connectivity index (χ1) is 10.5. The third-order valence-electron chi connectivity index (χ3n) is 4.97. The fraction of sp³-hybridized carbons (Fsp3) is 0.526. The maximum Gasteiger partial charge on any atom is 0.104 e. The molecule has 1 saturated heterocycles. The average molecular weight is 298 g/mol. The van der Waals surface area contributed by atoms with Crippen molar-refractivity contribution in [3.63, 3.8) is 0 Å². The van der Waals surface area contributed by atoms with Crippen molar-refractivity contribution in [3.8, 4) is 5.75 Å². The molecule has 22 heavy (non-hydrogen) atoms. The van der Waals surface area contributed by atoms with Crippen LogP contribution < -0.4 is 10.0 Å². The first-order valence-electron chi connectivity index (χ1n) is 8.36. The maximum atomic E-state index is 13.0. The van der Waals surface area contributed by atoms with Crippen molar-refractivity contribution >= 4 is 10.9 Å². The summed E-state index contributed by atoms with van der Waals surface area (Å²) in [5, 5.41) is 13.7. The van der Waals surface area contributed by atoms with Crippen LogP contribution >= 0.6 is 0 Å². The van der Waals surface area contributed by atoms with Gasteiger partial charge in [-0.05, 0) is 44.6 Å². The molecular weight excluding hydrogens is 272 g/mol. The number of nitrogens with zero attached hydrogens (tertiary/aromatic N) is 1. The fourth-order valence-electron chi connectivity index (χ4n) is 3.86. The molecule has 0 bridgehead atoms. The van der Waals surface area contributed by atoms with Crippen LogP contribution in [0.25, 0.3) is 10.9 Å². The maximum absolute atomic E-state index is 13.0. The number of likely N-dealkylation sites (tertiary alicyclic amines) is 1. The summed E-state index contributed by atoms with van der Waals surface area (Å²) >= 11 is 0. The first-order valence-corrected chi connectivity index (χ1v) is 8.36. The standard InChI is InChI=1S/C19H26N2O/c1-12-6-5-7-21(10-12)11-17-15(4)20-18-14(3)8-13(2)9-16(18)19(17)22/h8-9,12H,5-7,10-11H2,1-4H3,(H,20,22). The van der Waals surface area contributed by atoms with Gasteiger partial charge in [-0.15, -0.1) is 0 Å². The summed E-state index contributed by atoms with van der Waals surface area (Å²) in [6, 6.07) is 4.10. The summed E-state index contributed by atoms with van der Waals surface area (Å²) in [6.45, 7) is 11.6. The number of quaternary nitrogens is 1. The molecule has 1 fully saturated rings. The van der Waals surface area contributed by atoms with Crippen molar-refractivity contribution in [3.05, 3.63) is 34.5 Å². The molecule has 3 nitrogen and oxygen atoms in total. The van der Waals surface area contributed by atoms with E-state index in [2.05, 4.69) is 13.0 Å². The summed E-state index contributed by atoms with van der Waals surface area (Å²) in [4.78, 5) is 6.28. The van der Waals surface area contributed by atoms with E-state index in [1.165, 1.54) is 30.8 Å². The second-order valence-electron chi connectivity index (χ2n) is 7.11. The summed E-state index contributed by atoms with van der Waals surface area (Å²) in [5.41, 5.74) is 4.94. The molecule has 0 spiro atoms. The van der Waals surface area contributed by atoms with Gasteiger partial charge in [-0.3, -0.25) is 4.98 Å². The topological polar surface area (TPSA) is 40.4 Å². The Bertz CT molecular complexity index is 708. The van der Waals surface area contributed by atoms with Crippen LogP contribution in [0.2, 0.25) is 0 Å². The number of aromatic nitrogens is 1. The normalized spacial score (nSPS) is 22.2. The fourth-order valence-corrected chi connectivity index (χ4v) is 3.86. The molecule has 118 valence electrons. The van der Waals surface area contributed by atoms with Crippen molar-refractivity contribution in [2.24, 2.45) is 5.92 Å². The van der Waals surface area contributed by atoms with Crippen LogP contribution in [0.15, 0.2) is 12.1 Å². The van der Waals surface area contributed by atoms with Crippen molar-refractivity contribution in [1.29, 1.82) is 0 Å². The van der Waals surface area contributed by atoms with Crippen molar-refractivity contribution in [1.82, 2.24) is 4.98 Å². The molecule has 0 aliphatic carbocycles. The van der Waals surface area contributed by atoms with Gasteiger partial charge in [-0.25, -0.2) is 0 Å². The number of hydrogen-bond donors (Lipinski definition) is 1. The van der Waals surface area contributed by atoms with Gasteiger partial charge >= 0.3 is 0 Å². The van der Waals surface area contributed by atoms with E-state index < -0.39 is 0 Å². The quantitative estimate of drug-likeness (QED) is 0.922. The average Bonchev–Trinajstić information content (AvgIpc) is 2.45. The predicted molar refractivity (Wildman–Crippen MR) is 88.2 cm³/mol. The lowest BCUT2D eigenvalue weighted by Gasteiger charge is -2.30. The highest BCUT2D eigenvalue weighted by Gasteiger charge is 2.21. The van der Waals surface area contributed by atoms with Crippen LogP contribution in [0.5, 0.6) is 5.75 Å². The second-order valence-corrected chi connectivity index (χ2v) is 7.11. The summed E-state index contributed by atoms with van der Waals surface area (Å²) in [5.74, 6) is 0.956. The third-order valence-corrected chi connectivity index (χ3v) is 4.97. The second kappa shape index (κ2) is 5.88. The van der Waals surface area contributed by atoms with E-state index in [0.717, 1.165) is 45.7 Å². The number of fused-ring (bicyclic) bond motifs is 1. The first kappa shape index (κ1) is 15.3. The summed E-state index contributed by atoms with van der Waals surface area (Å²) in [7, 11) is 0. The minimum atomic E-state index is 0.194. The van der Waals surface area contributed by atoms with Gasteiger partial charge in [-0.1, -0.05) is 30.4 Å². The lowest BCUT2D eigenvalue weighted by molar-refractivity contribution is -0.922. The van der Waals surface area contributed by atoms with E-state index in [-0.39, 0.29) is 5.75 Å². The SMILES string of the molecule is Cc1cc(C)c2nc(C)c(C[NH+]3CCCC(C)C3)c([O-])c2c1. The monoisotopic (exact) mass is 298 g/mol. The van der Waals surface area contributed by atoms with Crippen molar-refractivity contribution in [2.75, 3.05) is 13.1 Å². The van der Waals surface area contributed by atoms with E-state index in [4.69, 9.17) is 4.98 Å². The van der Waals surface area contributed by atoms with Gasteiger partial charge in [0.25, 0.3) is 0 Å². The molecule has 0 radical (unpaired) electrons. The summed E-state index contributed by atoms with van der Waals surface area (Å²) in [6.07, 6.45) is 2.59. The van der Waals surface area contributed by atoms with E-state index >= 15 is 0 Å². The van der Waals surface area contributed by atoms with E-state index in [1.807, 2.05) is 26.8 Å². The Morgan fingerprint density at radius 1 is 1.27 bits per heavy atom. The Morgan fingerprint density at radius 2 is 2.05 bits per heavy atom. The minimum absolute atomic E-state index is 0.194. The largest absolute Gasteiger partial charge is 0.872 e. The Balaban J connectivity index is 2.02. The Morgan fingerprint density at radius 3 is 2.77 bits per heavy atom. The molecule has 3 rings (SSSR count). The molecule has 1 aromatic carbocycles. The number of aryl methyl sites for hydroxylation is 3. The smallest absolute Gasteiger partial charge is 0.104 e. The van der Waals surface area contributed by atoms with Gasteiger partial charge in [0.05, 0.1) is 18.6 Å². The minimum Gasteiger partial charge on any atom is -0.872 e. The molecule has 0 saturated carbocycles.